The molecule has 1 heterocycles. The van der Waals surface area contributed by atoms with E-state index in [1.165, 1.54) is 25.9 Å². The summed E-state index contributed by atoms with van der Waals surface area (Å²) in [4.78, 5) is 2.54. The minimum absolute atomic E-state index is 0.196. The van der Waals surface area contributed by atoms with Crippen LogP contribution in [-0.2, 0) is 0 Å². The van der Waals surface area contributed by atoms with Gasteiger partial charge in [-0.05, 0) is 72.5 Å². The fourth-order valence-electron chi connectivity index (χ4n) is 2.45. The van der Waals surface area contributed by atoms with Crippen molar-refractivity contribution in [3.05, 3.63) is 0 Å². The second kappa shape index (κ2) is 7.11. The molecule has 1 aliphatic rings. The number of piperidine rings is 1. The molecule has 104 valence electrons. The molecule has 1 N–H and O–H groups in total. The monoisotopic (exact) mass is 251 g/mol. The number of hydrogen-bond acceptors (Lipinski definition) is 3. The molecule has 3 heteroatoms. The molecule has 1 fully saturated rings. The van der Waals surface area contributed by atoms with Crippen LogP contribution in [0.3, 0.4) is 0 Å². The van der Waals surface area contributed by atoms with Gasteiger partial charge in [0, 0.05) is 12.6 Å². The van der Waals surface area contributed by atoms with Crippen molar-refractivity contribution >= 4 is 0 Å². The van der Waals surface area contributed by atoms with Crippen LogP contribution < -0.4 is 5.32 Å². The summed E-state index contributed by atoms with van der Waals surface area (Å²) in [6.45, 7) is 13.1. The van der Waals surface area contributed by atoms with Crippen LogP contribution in [0.2, 0.25) is 0 Å². The topological polar surface area (TPSA) is 39.1 Å². The van der Waals surface area contributed by atoms with Crippen LogP contribution in [0.4, 0.5) is 0 Å². The van der Waals surface area contributed by atoms with Crippen LogP contribution in [-0.4, -0.2) is 37.1 Å². The molecule has 0 aliphatic carbocycles. The lowest BCUT2D eigenvalue weighted by atomic mass is 9.90. The molecular weight excluding hydrogens is 222 g/mol. The molecule has 1 atom stereocenters. The molecule has 1 saturated heterocycles. The average Bonchev–Trinajstić information content (AvgIpc) is 2.35. The van der Waals surface area contributed by atoms with Gasteiger partial charge in [0.05, 0.1) is 11.5 Å². The highest BCUT2D eigenvalue weighted by Gasteiger charge is 2.22. The number of nitrogens with zero attached hydrogens (tertiary/aromatic N) is 2. The summed E-state index contributed by atoms with van der Waals surface area (Å²) in [5.41, 5.74) is -0.196. The van der Waals surface area contributed by atoms with E-state index in [0.717, 1.165) is 25.4 Å². The number of hydrogen-bond donors (Lipinski definition) is 1. The van der Waals surface area contributed by atoms with Gasteiger partial charge in [-0.2, -0.15) is 5.26 Å². The molecule has 0 spiro atoms. The van der Waals surface area contributed by atoms with Gasteiger partial charge >= 0.3 is 0 Å². The SMILES string of the molecule is CC(C)N(CCC(C)(C)C#N)CC1CCCNC1. The Kier molecular flexibility index (Phi) is 6.11. The molecule has 0 aromatic carbocycles. The highest BCUT2D eigenvalue weighted by Crippen LogP contribution is 2.21. The summed E-state index contributed by atoms with van der Waals surface area (Å²) in [5, 5.41) is 12.6. The van der Waals surface area contributed by atoms with Crippen molar-refractivity contribution in [3.8, 4) is 6.07 Å². The van der Waals surface area contributed by atoms with Gasteiger partial charge in [0.15, 0.2) is 0 Å². The van der Waals surface area contributed by atoms with Gasteiger partial charge in [-0.15, -0.1) is 0 Å². The molecule has 0 radical (unpaired) electrons. The number of nitriles is 1. The smallest absolute Gasteiger partial charge is 0.0684 e. The van der Waals surface area contributed by atoms with Crippen LogP contribution >= 0.6 is 0 Å². The molecule has 0 saturated carbocycles. The van der Waals surface area contributed by atoms with Gasteiger partial charge in [-0.3, -0.25) is 0 Å². The van der Waals surface area contributed by atoms with Crippen molar-refractivity contribution in [1.82, 2.24) is 10.2 Å². The summed E-state index contributed by atoms with van der Waals surface area (Å²) in [5.74, 6) is 0.784. The Morgan fingerprint density at radius 2 is 2.17 bits per heavy atom. The minimum Gasteiger partial charge on any atom is -0.316 e. The first-order chi connectivity index (χ1) is 8.44. The second-order valence-corrected chi connectivity index (χ2v) is 6.55. The summed E-state index contributed by atoms with van der Waals surface area (Å²) in [6, 6.07) is 2.97. The van der Waals surface area contributed by atoms with Crippen LogP contribution in [0.5, 0.6) is 0 Å². The van der Waals surface area contributed by atoms with Crippen LogP contribution in [0, 0.1) is 22.7 Å². The molecule has 0 aromatic rings. The Bertz CT molecular complexity index is 272. The van der Waals surface area contributed by atoms with E-state index in [0.29, 0.717) is 6.04 Å². The molecule has 0 aromatic heterocycles. The zero-order valence-electron chi connectivity index (χ0n) is 12.5. The molecule has 0 amide bonds. The zero-order chi connectivity index (χ0) is 13.6. The third-order valence-electron chi connectivity index (χ3n) is 3.95. The maximum Gasteiger partial charge on any atom is 0.0684 e. The van der Waals surface area contributed by atoms with Crippen molar-refractivity contribution in [3.63, 3.8) is 0 Å². The second-order valence-electron chi connectivity index (χ2n) is 6.55. The fourth-order valence-corrected chi connectivity index (χ4v) is 2.45. The van der Waals surface area contributed by atoms with E-state index >= 15 is 0 Å². The van der Waals surface area contributed by atoms with Crippen molar-refractivity contribution in [2.45, 2.75) is 53.0 Å². The van der Waals surface area contributed by atoms with Crippen molar-refractivity contribution in [2.24, 2.45) is 11.3 Å². The first-order valence-corrected chi connectivity index (χ1v) is 7.30. The predicted octanol–water partition coefficient (Wildman–Crippen LogP) is 2.64. The molecule has 3 nitrogen and oxygen atoms in total. The minimum atomic E-state index is -0.196. The zero-order valence-corrected chi connectivity index (χ0v) is 12.5. The largest absolute Gasteiger partial charge is 0.316 e. The van der Waals surface area contributed by atoms with E-state index < -0.39 is 0 Å². The third-order valence-corrected chi connectivity index (χ3v) is 3.95. The molecule has 1 aliphatic heterocycles. The Hall–Kier alpha value is -0.590. The Labute approximate surface area is 113 Å². The molecule has 0 bridgehead atoms. The third kappa shape index (κ3) is 5.37. The van der Waals surface area contributed by atoms with E-state index in [1.54, 1.807) is 0 Å². The van der Waals surface area contributed by atoms with E-state index in [2.05, 4.69) is 30.1 Å². The quantitative estimate of drug-likeness (QED) is 0.789. The Balaban J connectivity index is 2.42. The van der Waals surface area contributed by atoms with E-state index in [4.69, 9.17) is 5.26 Å². The van der Waals surface area contributed by atoms with Crippen LogP contribution in [0.1, 0.15) is 47.0 Å². The highest BCUT2D eigenvalue weighted by atomic mass is 15.1. The summed E-state index contributed by atoms with van der Waals surface area (Å²) < 4.78 is 0. The summed E-state index contributed by atoms with van der Waals surface area (Å²) in [6.07, 6.45) is 3.61. The number of rotatable bonds is 6. The molecule has 1 unspecified atom stereocenters. The van der Waals surface area contributed by atoms with E-state index in [-0.39, 0.29) is 5.41 Å². The molecule has 1 rings (SSSR count). The standard InChI is InChI=1S/C15H29N3/c1-13(2)18(9-7-15(3,4)12-16)11-14-6-5-8-17-10-14/h13-14,17H,5-11H2,1-4H3. The lowest BCUT2D eigenvalue weighted by molar-refractivity contribution is 0.157. The van der Waals surface area contributed by atoms with Gasteiger partial charge < -0.3 is 10.2 Å². The Morgan fingerprint density at radius 1 is 1.44 bits per heavy atom. The van der Waals surface area contributed by atoms with Crippen LogP contribution in [0.15, 0.2) is 0 Å². The molecule has 18 heavy (non-hydrogen) atoms. The first kappa shape index (κ1) is 15.5. The van der Waals surface area contributed by atoms with Crippen molar-refractivity contribution in [2.75, 3.05) is 26.2 Å². The average molecular weight is 251 g/mol. The van der Waals surface area contributed by atoms with Gasteiger partial charge in [0.1, 0.15) is 0 Å². The van der Waals surface area contributed by atoms with Crippen LogP contribution in [0.25, 0.3) is 0 Å². The lowest BCUT2D eigenvalue weighted by Crippen LogP contribution is -2.42. The molecular formula is C15H29N3. The van der Waals surface area contributed by atoms with Gasteiger partial charge in [-0.25, -0.2) is 0 Å². The van der Waals surface area contributed by atoms with E-state index in [9.17, 15) is 0 Å². The predicted molar refractivity (Wildman–Crippen MR) is 76.3 cm³/mol. The summed E-state index contributed by atoms with van der Waals surface area (Å²) in [7, 11) is 0. The van der Waals surface area contributed by atoms with Gasteiger partial charge in [0.2, 0.25) is 0 Å². The van der Waals surface area contributed by atoms with Gasteiger partial charge in [-0.1, -0.05) is 0 Å². The fraction of sp³-hybridized carbons (Fsp3) is 0.933. The Morgan fingerprint density at radius 3 is 2.67 bits per heavy atom. The lowest BCUT2D eigenvalue weighted by Gasteiger charge is -2.34. The first-order valence-electron chi connectivity index (χ1n) is 7.30. The van der Waals surface area contributed by atoms with Gasteiger partial charge in [0.25, 0.3) is 0 Å². The highest BCUT2D eigenvalue weighted by molar-refractivity contribution is 4.92. The summed E-state index contributed by atoms with van der Waals surface area (Å²) >= 11 is 0. The normalized spacial score (nSPS) is 21.3. The maximum atomic E-state index is 9.09. The van der Waals surface area contributed by atoms with Crippen molar-refractivity contribution < 1.29 is 0 Å². The number of nitrogens with one attached hydrogen (secondary N) is 1. The van der Waals surface area contributed by atoms with Crippen molar-refractivity contribution in [1.29, 1.82) is 5.26 Å². The maximum absolute atomic E-state index is 9.09. The van der Waals surface area contributed by atoms with E-state index in [1.807, 2.05) is 13.8 Å².